The number of aryl methyl sites for hydroxylation is 1. The molecule has 1 aliphatic rings. The van der Waals surface area contributed by atoms with Gasteiger partial charge in [-0.25, -0.2) is 0 Å². The summed E-state index contributed by atoms with van der Waals surface area (Å²) in [7, 11) is 0. The summed E-state index contributed by atoms with van der Waals surface area (Å²) in [4.78, 5) is 23.8. The predicted octanol–water partition coefficient (Wildman–Crippen LogP) is 2.92. The van der Waals surface area contributed by atoms with E-state index in [1.165, 1.54) is 6.07 Å². The second-order valence-electron chi connectivity index (χ2n) is 5.28. The summed E-state index contributed by atoms with van der Waals surface area (Å²) in [5.41, 5.74) is 2.80. The number of phenols is 1. The van der Waals surface area contributed by atoms with Crippen LogP contribution in [0.2, 0.25) is 0 Å². The van der Waals surface area contributed by atoms with Gasteiger partial charge in [0.05, 0.1) is 0 Å². The van der Waals surface area contributed by atoms with Crippen LogP contribution in [0, 0.1) is 0 Å². The highest BCUT2D eigenvalue weighted by atomic mass is 16.3. The van der Waals surface area contributed by atoms with Gasteiger partial charge in [0.25, 0.3) is 5.91 Å². The first-order valence-corrected chi connectivity index (χ1v) is 7.15. The Bertz CT molecular complexity index is 740. The van der Waals surface area contributed by atoms with Crippen molar-refractivity contribution in [1.82, 2.24) is 0 Å². The van der Waals surface area contributed by atoms with Crippen LogP contribution >= 0.6 is 0 Å². The minimum atomic E-state index is -0.246. The van der Waals surface area contributed by atoms with Gasteiger partial charge in [0.15, 0.2) is 0 Å². The highest BCUT2D eigenvalue weighted by molar-refractivity contribution is 6.05. The van der Waals surface area contributed by atoms with Crippen molar-refractivity contribution in [3.8, 4) is 5.75 Å². The first-order valence-electron chi connectivity index (χ1n) is 7.15. The summed E-state index contributed by atoms with van der Waals surface area (Å²) in [5.74, 6) is -0.137. The van der Waals surface area contributed by atoms with Gasteiger partial charge in [-0.05, 0) is 48.7 Å². The quantitative estimate of drug-likeness (QED) is 0.797. The molecule has 1 heterocycles. The standard InChI is InChI=1S/C17H16N2O3/c20-14-5-2-4-13(10-14)18-17(22)12-7-8-15-11(9-12)3-1-6-16(21)19-15/h2,4-5,7-10,20H,1,3,6H2,(H,18,22)(H,19,21). The molecule has 0 saturated carbocycles. The molecule has 0 radical (unpaired) electrons. The van der Waals surface area contributed by atoms with Crippen molar-refractivity contribution in [3.05, 3.63) is 53.6 Å². The van der Waals surface area contributed by atoms with Crippen LogP contribution in [0.15, 0.2) is 42.5 Å². The third kappa shape index (κ3) is 3.09. The lowest BCUT2D eigenvalue weighted by Crippen LogP contribution is -2.13. The Morgan fingerprint density at radius 1 is 1.14 bits per heavy atom. The van der Waals surface area contributed by atoms with Gasteiger partial charge < -0.3 is 15.7 Å². The molecule has 0 spiro atoms. The number of rotatable bonds is 2. The lowest BCUT2D eigenvalue weighted by molar-refractivity contribution is -0.116. The molecular formula is C17H16N2O3. The zero-order chi connectivity index (χ0) is 15.5. The fourth-order valence-electron chi connectivity index (χ4n) is 2.50. The molecule has 3 N–H and O–H groups in total. The third-order valence-electron chi connectivity index (χ3n) is 3.60. The van der Waals surface area contributed by atoms with Crippen LogP contribution in [0.5, 0.6) is 5.75 Å². The first kappa shape index (κ1) is 14.1. The van der Waals surface area contributed by atoms with Crippen molar-refractivity contribution in [3.63, 3.8) is 0 Å². The molecule has 2 aromatic rings. The van der Waals surface area contributed by atoms with Crippen LogP contribution in [-0.4, -0.2) is 16.9 Å². The number of benzene rings is 2. The molecule has 5 heteroatoms. The van der Waals surface area contributed by atoms with Crippen LogP contribution in [0.25, 0.3) is 0 Å². The van der Waals surface area contributed by atoms with E-state index in [4.69, 9.17) is 0 Å². The smallest absolute Gasteiger partial charge is 0.255 e. The Labute approximate surface area is 128 Å². The molecule has 0 atom stereocenters. The Morgan fingerprint density at radius 3 is 2.82 bits per heavy atom. The summed E-state index contributed by atoms with van der Waals surface area (Å²) in [5, 5.41) is 15.0. The number of carbonyl (C=O) groups excluding carboxylic acids is 2. The molecule has 0 fully saturated rings. The molecular weight excluding hydrogens is 280 g/mol. The number of amides is 2. The lowest BCUT2D eigenvalue weighted by atomic mass is 10.0. The first-order chi connectivity index (χ1) is 10.6. The number of aromatic hydroxyl groups is 1. The summed E-state index contributed by atoms with van der Waals surface area (Å²) >= 11 is 0. The monoisotopic (exact) mass is 296 g/mol. The Morgan fingerprint density at radius 2 is 2.00 bits per heavy atom. The molecule has 2 amide bonds. The molecule has 0 aromatic heterocycles. The van der Waals surface area contributed by atoms with Gasteiger partial charge in [-0.15, -0.1) is 0 Å². The van der Waals surface area contributed by atoms with Crippen molar-refractivity contribution in [2.75, 3.05) is 10.6 Å². The maximum absolute atomic E-state index is 12.3. The van der Waals surface area contributed by atoms with Gasteiger partial charge >= 0.3 is 0 Å². The number of phenolic OH excluding ortho intramolecular Hbond substituents is 1. The summed E-state index contributed by atoms with van der Waals surface area (Å²) < 4.78 is 0. The van der Waals surface area contributed by atoms with E-state index in [1.54, 1.807) is 36.4 Å². The molecule has 0 unspecified atom stereocenters. The fourth-order valence-corrected chi connectivity index (χ4v) is 2.50. The molecule has 0 saturated heterocycles. The molecule has 22 heavy (non-hydrogen) atoms. The van der Waals surface area contributed by atoms with Crippen molar-refractivity contribution < 1.29 is 14.7 Å². The average Bonchev–Trinajstić information content (AvgIpc) is 2.67. The van der Waals surface area contributed by atoms with E-state index in [2.05, 4.69) is 10.6 Å². The summed E-state index contributed by atoms with van der Waals surface area (Å²) in [6.07, 6.45) is 2.04. The Hall–Kier alpha value is -2.82. The molecule has 1 aliphatic heterocycles. The van der Waals surface area contributed by atoms with Crippen LogP contribution < -0.4 is 10.6 Å². The molecule has 112 valence electrons. The minimum absolute atomic E-state index is 0.00992. The number of nitrogens with one attached hydrogen (secondary N) is 2. The van der Waals surface area contributed by atoms with Gasteiger partial charge in [-0.2, -0.15) is 0 Å². The van der Waals surface area contributed by atoms with E-state index in [9.17, 15) is 14.7 Å². The normalized spacial score (nSPS) is 13.7. The number of carbonyl (C=O) groups is 2. The number of fused-ring (bicyclic) bond motifs is 1. The SMILES string of the molecule is O=C1CCCc2cc(C(=O)Nc3cccc(O)c3)ccc2N1. The van der Waals surface area contributed by atoms with E-state index in [0.717, 1.165) is 24.1 Å². The van der Waals surface area contributed by atoms with E-state index >= 15 is 0 Å². The van der Waals surface area contributed by atoms with Gasteiger partial charge in [-0.1, -0.05) is 6.07 Å². The van der Waals surface area contributed by atoms with Crippen LogP contribution in [0.1, 0.15) is 28.8 Å². The predicted molar refractivity (Wildman–Crippen MR) is 84.1 cm³/mol. The van der Waals surface area contributed by atoms with E-state index in [-0.39, 0.29) is 17.6 Å². The summed E-state index contributed by atoms with van der Waals surface area (Å²) in [6.45, 7) is 0. The van der Waals surface area contributed by atoms with Gasteiger partial charge in [0, 0.05) is 29.4 Å². The zero-order valence-electron chi connectivity index (χ0n) is 11.9. The van der Waals surface area contributed by atoms with E-state index in [0.29, 0.717) is 17.7 Å². The maximum atomic E-state index is 12.3. The van der Waals surface area contributed by atoms with E-state index in [1.807, 2.05) is 0 Å². The van der Waals surface area contributed by atoms with Crippen LogP contribution in [-0.2, 0) is 11.2 Å². The third-order valence-corrected chi connectivity index (χ3v) is 3.60. The highest BCUT2D eigenvalue weighted by Gasteiger charge is 2.15. The highest BCUT2D eigenvalue weighted by Crippen LogP contribution is 2.24. The second kappa shape index (κ2) is 5.89. The topological polar surface area (TPSA) is 78.4 Å². The molecule has 0 bridgehead atoms. The second-order valence-corrected chi connectivity index (χ2v) is 5.28. The molecule has 5 nitrogen and oxygen atoms in total. The van der Waals surface area contributed by atoms with Crippen molar-refractivity contribution >= 4 is 23.2 Å². The average molecular weight is 296 g/mol. The number of hydrogen-bond acceptors (Lipinski definition) is 3. The Kier molecular flexibility index (Phi) is 3.78. The van der Waals surface area contributed by atoms with Crippen LogP contribution in [0.3, 0.4) is 0 Å². The van der Waals surface area contributed by atoms with Gasteiger partial charge in [0.2, 0.25) is 5.91 Å². The Balaban J connectivity index is 1.81. The van der Waals surface area contributed by atoms with Crippen molar-refractivity contribution in [1.29, 1.82) is 0 Å². The number of anilines is 2. The van der Waals surface area contributed by atoms with Gasteiger partial charge in [-0.3, -0.25) is 9.59 Å². The maximum Gasteiger partial charge on any atom is 0.255 e. The molecule has 0 aliphatic carbocycles. The van der Waals surface area contributed by atoms with Gasteiger partial charge in [0.1, 0.15) is 5.75 Å². The van der Waals surface area contributed by atoms with E-state index < -0.39 is 0 Å². The van der Waals surface area contributed by atoms with Crippen molar-refractivity contribution in [2.45, 2.75) is 19.3 Å². The fraction of sp³-hybridized carbons (Fsp3) is 0.176. The summed E-state index contributed by atoms with van der Waals surface area (Å²) in [6, 6.07) is 11.7. The molecule has 3 rings (SSSR count). The molecule has 2 aromatic carbocycles. The largest absolute Gasteiger partial charge is 0.508 e. The zero-order valence-corrected chi connectivity index (χ0v) is 11.9. The van der Waals surface area contributed by atoms with Crippen LogP contribution in [0.4, 0.5) is 11.4 Å². The minimum Gasteiger partial charge on any atom is -0.508 e. The van der Waals surface area contributed by atoms with Crippen molar-refractivity contribution in [2.24, 2.45) is 0 Å². The number of hydrogen-bond donors (Lipinski definition) is 3. The lowest BCUT2D eigenvalue weighted by Gasteiger charge is -2.10.